The Morgan fingerprint density at radius 2 is 2.25 bits per heavy atom. The second-order valence-electron chi connectivity index (χ2n) is 3.15. The Morgan fingerprint density at radius 3 is 2.94 bits per heavy atom. The van der Waals surface area contributed by atoms with Gasteiger partial charge in [0.05, 0.1) is 12.2 Å². The van der Waals surface area contributed by atoms with Gasteiger partial charge in [-0.3, -0.25) is 0 Å². The van der Waals surface area contributed by atoms with Crippen LogP contribution in [0, 0.1) is 0 Å². The number of hydrogen-bond acceptors (Lipinski definition) is 4. The average Bonchev–Trinajstić information content (AvgIpc) is 2.29. The summed E-state index contributed by atoms with van der Waals surface area (Å²) in [4.78, 5) is 14.6. The summed E-state index contributed by atoms with van der Waals surface area (Å²) in [6, 6.07) is 2.81. The Labute approximate surface area is 94.0 Å². The van der Waals surface area contributed by atoms with Gasteiger partial charge in [0.25, 0.3) is 0 Å². The molecule has 0 bridgehead atoms. The first-order valence-electron chi connectivity index (χ1n) is 5.14. The van der Waals surface area contributed by atoms with Crippen molar-refractivity contribution in [3.05, 3.63) is 23.9 Å². The minimum atomic E-state index is -0.991. The van der Waals surface area contributed by atoms with Gasteiger partial charge in [0.15, 0.2) is 0 Å². The van der Waals surface area contributed by atoms with Gasteiger partial charge in [-0.05, 0) is 12.5 Å². The average molecular weight is 225 g/mol. The van der Waals surface area contributed by atoms with Crippen molar-refractivity contribution in [2.75, 3.05) is 19.8 Å². The molecule has 0 radical (unpaired) electrons. The first-order valence-corrected chi connectivity index (χ1v) is 5.14. The van der Waals surface area contributed by atoms with E-state index in [9.17, 15) is 4.79 Å². The summed E-state index contributed by atoms with van der Waals surface area (Å²) in [6.07, 6.45) is 2.37. The van der Waals surface area contributed by atoms with Crippen molar-refractivity contribution in [1.29, 1.82) is 0 Å². The quantitative estimate of drug-likeness (QED) is 0.713. The summed E-state index contributed by atoms with van der Waals surface area (Å²) < 4.78 is 10.5. The van der Waals surface area contributed by atoms with Crippen molar-refractivity contribution >= 4 is 5.97 Å². The molecule has 16 heavy (non-hydrogen) atoms. The highest BCUT2D eigenvalue weighted by Crippen LogP contribution is 2.08. The first kappa shape index (κ1) is 12.4. The Kier molecular flexibility index (Phi) is 5.28. The topological polar surface area (TPSA) is 68.7 Å². The van der Waals surface area contributed by atoms with E-state index in [0.717, 1.165) is 6.42 Å². The highest BCUT2D eigenvalue weighted by molar-refractivity contribution is 5.87. The van der Waals surface area contributed by atoms with E-state index in [4.69, 9.17) is 14.6 Å². The van der Waals surface area contributed by atoms with Crippen molar-refractivity contribution in [3.8, 4) is 5.88 Å². The van der Waals surface area contributed by atoms with Crippen LogP contribution < -0.4 is 4.74 Å². The van der Waals surface area contributed by atoms with Crippen LogP contribution in [0.5, 0.6) is 5.88 Å². The van der Waals surface area contributed by atoms with Crippen LogP contribution in [0.25, 0.3) is 0 Å². The van der Waals surface area contributed by atoms with Crippen molar-refractivity contribution in [1.82, 2.24) is 4.98 Å². The molecule has 0 aliphatic heterocycles. The van der Waals surface area contributed by atoms with Crippen molar-refractivity contribution < 1.29 is 19.4 Å². The number of aromatic nitrogens is 1. The highest BCUT2D eigenvalue weighted by Gasteiger charge is 2.04. The van der Waals surface area contributed by atoms with E-state index in [1.807, 2.05) is 6.92 Å². The highest BCUT2D eigenvalue weighted by atomic mass is 16.5. The zero-order valence-electron chi connectivity index (χ0n) is 9.18. The lowest BCUT2D eigenvalue weighted by Crippen LogP contribution is -2.08. The normalized spacial score (nSPS) is 10.1. The molecule has 0 spiro atoms. The van der Waals surface area contributed by atoms with Gasteiger partial charge in [-0.2, -0.15) is 0 Å². The smallest absolute Gasteiger partial charge is 0.335 e. The van der Waals surface area contributed by atoms with Crippen molar-refractivity contribution in [3.63, 3.8) is 0 Å². The van der Waals surface area contributed by atoms with Gasteiger partial charge in [0, 0.05) is 18.9 Å². The molecule has 0 unspecified atom stereocenters. The lowest BCUT2D eigenvalue weighted by molar-refractivity contribution is 0.0695. The van der Waals surface area contributed by atoms with Crippen molar-refractivity contribution in [2.24, 2.45) is 0 Å². The van der Waals surface area contributed by atoms with Crippen LogP contribution in [0.2, 0.25) is 0 Å². The van der Waals surface area contributed by atoms with E-state index < -0.39 is 5.97 Å². The Balaban J connectivity index is 2.36. The van der Waals surface area contributed by atoms with Gasteiger partial charge in [-0.25, -0.2) is 9.78 Å². The molecule has 0 aromatic carbocycles. The van der Waals surface area contributed by atoms with Gasteiger partial charge >= 0.3 is 5.97 Å². The van der Waals surface area contributed by atoms with E-state index >= 15 is 0 Å². The molecule has 0 saturated carbocycles. The van der Waals surface area contributed by atoms with Crippen LogP contribution in [-0.2, 0) is 4.74 Å². The molecule has 0 atom stereocenters. The summed E-state index contributed by atoms with van der Waals surface area (Å²) in [5.74, 6) is -0.686. The van der Waals surface area contributed by atoms with E-state index in [1.165, 1.54) is 18.3 Å². The molecule has 0 amide bonds. The van der Waals surface area contributed by atoms with Gasteiger partial charge < -0.3 is 14.6 Å². The maximum absolute atomic E-state index is 10.7. The number of rotatable bonds is 7. The fourth-order valence-electron chi connectivity index (χ4n) is 1.07. The number of pyridine rings is 1. The molecule has 1 heterocycles. The predicted octanol–water partition coefficient (Wildman–Crippen LogP) is 1.59. The molecule has 5 nitrogen and oxygen atoms in total. The molecule has 0 aliphatic carbocycles. The molecule has 5 heteroatoms. The van der Waals surface area contributed by atoms with Gasteiger partial charge in [-0.1, -0.05) is 6.92 Å². The van der Waals surface area contributed by atoms with Crippen LogP contribution >= 0.6 is 0 Å². The first-order chi connectivity index (χ1) is 7.74. The predicted molar refractivity (Wildman–Crippen MR) is 57.8 cm³/mol. The van der Waals surface area contributed by atoms with Crippen LogP contribution in [0.4, 0.5) is 0 Å². The Hall–Kier alpha value is -1.62. The number of carbonyl (C=O) groups is 1. The van der Waals surface area contributed by atoms with Gasteiger partial charge in [-0.15, -0.1) is 0 Å². The maximum atomic E-state index is 10.7. The molecule has 1 aromatic rings. The molecule has 0 saturated heterocycles. The minimum Gasteiger partial charge on any atom is -0.478 e. The summed E-state index contributed by atoms with van der Waals surface area (Å²) >= 11 is 0. The van der Waals surface area contributed by atoms with Crippen molar-refractivity contribution in [2.45, 2.75) is 13.3 Å². The lowest BCUT2D eigenvalue weighted by atomic mass is 10.3. The maximum Gasteiger partial charge on any atom is 0.335 e. The third-order valence-corrected chi connectivity index (χ3v) is 1.81. The zero-order chi connectivity index (χ0) is 11.8. The van der Waals surface area contributed by atoms with E-state index in [1.54, 1.807) is 0 Å². The van der Waals surface area contributed by atoms with Gasteiger partial charge in [0.1, 0.15) is 6.61 Å². The lowest BCUT2D eigenvalue weighted by Gasteiger charge is -2.05. The van der Waals surface area contributed by atoms with Crippen LogP contribution in [-0.4, -0.2) is 35.9 Å². The molecular weight excluding hydrogens is 210 g/mol. The third kappa shape index (κ3) is 4.27. The van der Waals surface area contributed by atoms with Crippen LogP contribution in [0.3, 0.4) is 0 Å². The van der Waals surface area contributed by atoms with Crippen LogP contribution in [0.1, 0.15) is 23.7 Å². The number of carboxylic acid groups (broad SMARTS) is 1. The monoisotopic (exact) mass is 225 g/mol. The van der Waals surface area contributed by atoms with Gasteiger partial charge in [0.2, 0.25) is 5.88 Å². The molecule has 1 rings (SSSR count). The molecule has 0 fully saturated rings. The summed E-state index contributed by atoms with van der Waals surface area (Å²) in [6.45, 7) is 3.58. The zero-order valence-corrected chi connectivity index (χ0v) is 9.18. The van der Waals surface area contributed by atoms with Crippen LogP contribution in [0.15, 0.2) is 18.3 Å². The molecule has 88 valence electrons. The second kappa shape index (κ2) is 6.79. The van der Waals surface area contributed by atoms with E-state index in [-0.39, 0.29) is 5.56 Å². The fraction of sp³-hybridized carbons (Fsp3) is 0.455. The fourth-order valence-corrected chi connectivity index (χ4v) is 1.07. The number of aromatic carboxylic acids is 1. The summed E-state index contributed by atoms with van der Waals surface area (Å²) in [7, 11) is 0. The van der Waals surface area contributed by atoms with E-state index in [0.29, 0.717) is 25.7 Å². The number of ether oxygens (including phenoxy) is 2. The summed E-state index contributed by atoms with van der Waals surface area (Å²) in [5, 5.41) is 8.74. The SMILES string of the molecule is CCCOCCOc1cc(C(=O)O)ccn1. The molecule has 1 aromatic heterocycles. The number of carboxylic acids is 1. The second-order valence-corrected chi connectivity index (χ2v) is 3.15. The molecule has 0 aliphatic rings. The van der Waals surface area contributed by atoms with E-state index in [2.05, 4.69) is 4.98 Å². The number of nitrogens with zero attached hydrogens (tertiary/aromatic N) is 1. The summed E-state index contributed by atoms with van der Waals surface area (Å²) in [5.41, 5.74) is 0.166. The number of hydrogen-bond donors (Lipinski definition) is 1. The molecule has 1 N–H and O–H groups in total. The standard InChI is InChI=1S/C11H15NO4/c1-2-5-15-6-7-16-10-8-9(11(13)14)3-4-12-10/h3-4,8H,2,5-7H2,1H3,(H,13,14). The molecular formula is C11H15NO4. The largest absolute Gasteiger partial charge is 0.478 e. The Bertz CT molecular complexity index is 341. The Morgan fingerprint density at radius 1 is 1.44 bits per heavy atom. The minimum absolute atomic E-state index is 0.166. The third-order valence-electron chi connectivity index (χ3n) is 1.81.